The minimum absolute atomic E-state index is 0. The maximum atomic E-state index is 15.2. The molecule has 0 atom stereocenters. The van der Waals surface area contributed by atoms with Gasteiger partial charge in [-0.25, -0.2) is 26.0 Å². The van der Waals surface area contributed by atoms with Gasteiger partial charge in [0.2, 0.25) is 4.20 Å². The topological polar surface area (TPSA) is 86.7 Å². The second kappa shape index (κ2) is 39.7. The van der Waals surface area contributed by atoms with Crippen LogP contribution in [0.4, 0.5) is 44.2 Å². The van der Waals surface area contributed by atoms with Crippen molar-refractivity contribution in [1.29, 1.82) is 0 Å². The van der Waals surface area contributed by atoms with Gasteiger partial charge in [-0.3, -0.25) is 4.70 Å². The van der Waals surface area contributed by atoms with E-state index in [1.807, 2.05) is 4.20 Å². The normalized spacial score (nSPS) is 32.5. The quantitative estimate of drug-likeness (QED) is 0.0450. The monoisotopic (exact) mass is 1540 g/mol. The van der Waals surface area contributed by atoms with E-state index in [9.17, 15) is 27.1 Å². The Bertz CT molecular complexity index is 2670. The second-order valence-electron chi connectivity index (χ2n) is 30.5. The van der Waals surface area contributed by atoms with E-state index in [1.54, 1.807) is 12.8 Å². The van der Waals surface area contributed by atoms with Crippen LogP contribution in [-0.2, 0) is 21.5 Å². The van der Waals surface area contributed by atoms with Gasteiger partial charge in [0.25, 0.3) is 0 Å². The van der Waals surface area contributed by atoms with Crippen LogP contribution in [0.2, 0.25) is 0 Å². The number of phenolic OH excluding ortho intramolecular Hbond substituents is 1. The number of hydrogen-bond acceptors (Lipinski definition) is 6. The summed E-state index contributed by atoms with van der Waals surface area (Å²) in [7, 11) is -6.09. The lowest BCUT2D eigenvalue weighted by molar-refractivity contribution is -0.226. The summed E-state index contributed by atoms with van der Waals surface area (Å²) in [6, 6.07) is 5.16. The molecule has 11 rings (SSSR count). The van der Waals surface area contributed by atoms with Gasteiger partial charge in [-0.05, 0) is 272 Å². The van der Waals surface area contributed by atoms with E-state index in [-0.39, 0.29) is 51.9 Å². The third kappa shape index (κ3) is 24.3. The summed E-state index contributed by atoms with van der Waals surface area (Å²) >= 11 is 4.38. The number of phenols is 1. The standard InChI is InChI=1S/C36H54F4O.C21H30F2O.C18H31S2.CHF3O3S.FH.HI.8H2/c1-3-5-25-8-12-27(13-9-25)28-14-16-30(17-15-28)31-22-33(37)35(34(38)23-31)41-36(39,40)32-20-18-29(19-21-32)26-10-6-24(4-2)7-11-26;1-2-3-14-4-6-15(7-5-14)16-8-10-17(11-9-16)18-12-19(22)21(24)20(23)13-18;1-2-14-4-6-15(7-5-14)16-8-10-17(11-9-16)18-19-12-3-13-20-18;2-1(3,4)8(5,6)7;;;;;;;;;;/h22-30,32H,3-21H2,1-2H3;12-17,24H,2-11H2,1H3;14-17H,2-13H2,1H3;(H,5,6,7);10*1H/q;;+1;;;;;;;;;;;/p-1. The van der Waals surface area contributed by atoms with Gasteiger partial charge in [0, 0.05) is 29.5 Å². The summed E-state index contributed by atoms with van der Waals surface area (Å²) in [6.45, 7) is 9.19. The minimum atomic E-state index is -6.09. The van der Waals surface area contributed by atoms with Gasteiger partial charge in [-0.2, -0.15) is 22.0 Å². The molecule has 2 aromatic carbocycles. The number of hydrogen-bond donors (Lipinski definition) is 1. The van der Waals surface area contributed by atoms with Gasteiger partial charge in [-0.1, -0.05) is 129 Å². The molecule has 0 aromatic heterocycles. The Morgan fingerprint density at radius 1 is 0.495 bits per heavy atom. The SMILES string of the molecule is CCC1CCC(C2CCC(C3=[S+]CCCS3)CC2)CC1.CCCC1CCC(C2CCC(c3cc(F)c(O)c(F)c3)CC2)CC1.CCCC1CCC(C2CCC(c3cc(F)c(OC(F)(F)C4CCC(C5CCC(CC)CC5)CC4)c(F)c3)CC2)CC1.F.I.O=S(=O)([O-])C(F)(F)F.[HH].[HH].[HH].[HH].[HH].[HH].[HH].[HH]. The number of thioether (sulfide) groups is 1. The molecule has 8 fully saturated rings. The van der Waals surface area contributed by atoms with Crippen LogP contribution in [0.15, 0.2) is 24.3 Å². The largest absolute Gasteiger partial charge is 0.741 e. The van der Waals surface area contributed by atoms with Crippen molar-refractivity contribution in [2.45, 2.75) is 302 Å². The van der Waals surface area contributed by atoms with Crippen LogP contribution in [0, 0.1) is 106 Å². The van der Waals surface area contributed by atoms with Gasteiger partial charge in [0.05, 0.1) is 5.92 Å². The van der Waals surface area contributed by atoms with E-state index in [0.29, 0.717) is 41.7 Å². The lowest BCUT2D eigenvalue weighted by Gasteiger charge is -2.39. The fourth-order valence-electron chi connectivity index (χ4n) is 19.1. The van der Waals surface area contributed by atoms with E-state index in [4.69, 9.17) is 17.7 Å². The van der Waals surface area contributed by atoms with Crippen LogP contribution in [-0.4, -0.2) is 45.4 Å². The van der Waals surface area contributed by atoms with Crippen molar-refractivity contribution < 1.29 is 78.4 Å². The molecular weight excluding hydrogens is 1410 g/mol. The van der Waals surface area contributed by atoms with Crippen molar-refractivity contribution >= 4 is 61.4 Å². The van der Waals surface area contributed by atoms with Crippen molar-refractivity contribution in [2.24, 2.45) is 82.9 Å². The second-order valence-corrected chi connectivity index (χ2v) is 34.4. The summed E-state index contributed by atoms with van der Waals surface area (Å²) in [5.41, 5.74) is -4.33. The molecule has 95 heavy (non-hydrogen) atoms. The first-order chi connectivity index (χ1) is 44.5. The van der Waals surface area contributed by atoms with Crippen molar-refractivity contribution in [3.63, 3.8) is 0 Å². The Morgan fingerprint density at radius 2 is 0.789 bits per heavy atom. The van der Waals surface area contributed by atoms with Crippen molar-refractivity contribution in [1.82, 2.24) is 0 Å². The summed E-state index contributed by atoms with van der Waals surface area (Å²) in [4.78, 5) is 0. The zero-order valence-corrected chi connectivity index (χ0v) is 62.3. The van der Waals surface area contributed by atoms with Crippen LogP contribution in [0.25, 0.3) is 0 Å². The van der Waals surface area contributed by atoms with Gasteiger partial charge in [0.15, 0.2) is 62.0 Å². The number of rotatable bonds is 16. The molecule has 0 bridgehead atoms. The van der Waals surface area contributed by atoms with Crippen LogP contribution < -0.4 is 4.74 Å². The lowest BCUT2D eigenvalue weighted by atomic mass is 9.68. The lowest BCUT2D eigenvalue weighted by Crippen LogP contribution is -2.38. The highest BCUT2D eigenvalue weighted by Gasteiger charge is 2.47. The first kappa shape index (κ1) is 82.4. The summed E-state index contributed by atoms with van der Waals surface area (Å²) in [6.07, 6.45) is 44.6. The molecule has 0 spiro atoms. The number of ether oxygens (including phenoxy) is 1. The van der Waals surface area contributed by atoms with Gasteiger partial charge in [0.1, 0.15) is 0 Å². The smallest absolute Gasteiger partial charge is 0.485 e. The van der Waals surface area contributed by atoms with E-state index in [1.165, 1.54) is 209 Å². The molecule has 1 N–H and O–H groups in total. The summed E-state index contributed by atoms with van der Waals surface area (Å²) in [5.74, 6) is 7.93. The fourth-order valence-corrected chi connectivity index (χ4v) is 22.0. The molecule has 0 saturated heterocycles. The molecular formula is C76H133F10IO5S3. The first-order valence-electron chi connectivity index (χ1n) is 37.3. The molecule has 2 aromatic rings. The van der Waals surface area contributed by atoms with Crippen LogP contribution in [0.1, 0.15) is 312 Å². The third-order valence-corrected chi connectivity index (χ3v) is 28.5. The maximum absolute atomic E-state index is 15.2. The van der Waals surface area contributed by atoms with Crippen molar-refractivity contribution in [3.05, 3.63) is 58.7 Å². The average molecular weight is 1540 g/mol. The predicted octanol–water partition coefficient (Wildman–Crippen LogP) is 26.5. The molecule has 9 aliphatic rings. The average Bonchev–Trinajstić information content (AvgIpc) is 0.804. The van der Waals surface area contributed by atoms with Crippen LogP contribution in [0.5, 0.6) is 11.5 Å². The fraction of sp³-hybridized carbons (Fsp3) is 0.829. The van der Waals surface area contributed by atoms with E-state index in [2.05, 4.69) is 50.8 Å². The molecule has 1 heterocycles. The highest BCUT2D eigenvalue weighted by Crippen LogP contribution is 2.50. The Kier molecular flexibility index (Phi) is 34.5. The minimum Gasteiger partial charge on any atom is -0.741 e. The van der Waals surface area contributed by atoms with E-state index < -0.39 is 62.4 Å². The highest BCUT2D eigenvalue weighted by atomic mass is 127. The number of aromatic hydroxyl groups is 1. The Morgan fingerprint density at radius 3 is 1.08 bits per heavy atom. The van der Waals surface area contributed by atoms with Crippen molar-refractivity contribution in [3.8, 4) is 11.5 Å². The predicted molar refractivity (Wildman–Crippen MR) is 397 cm³/mol. The molecule has 19 heteroatoms. The molecule has 1 aliphatic heterocycles. The molecule has 5 nitrogen and oxygen atoms in total. The third-order valence-electron chi connectivity index (χ3n) is 25.0. The first-order valence-corrected chi connectivity index (χ1v) is 40.7. The number of halogens is 11. The zero-order valence-electron chi connectivity index (χ0n) is 57.6. The van der Waals surface area contributed by atoms with Gasteiger partial charge < -0.3 is 14.4 Å². The molecule has 8 aliphatic carbocycles. The Hall–Kier alpha value is -1.58. The highest BCUT2D eigenvalue weighted by molar-refractivity contribution is 14.0. The van der Waals surface area contributed by atoms with Crippen LogP contribution >= 0.6 is 35.7 Å². The summed E-state index contributed by atoms with van der Waals surface area (Å²) in [5, 5.41) is 9.25. The van der Waals surface area contributed by atoms with E-state index in [0.717, 1.165) is 111 Å². The number of alkyl halides is 5. The van der Waals surface area contributed by atoms with Crippen molar-refractivity contribution in [2.75, 3.05) is 11.5 Å². The molecule has 8 saturated carbocycles. The Balaban J connectivity index is -0.00000139. The molecule has 0 unspecified atom stereocenters. The van der Waals surface area contributed by atoms with E-state index >= 15 is 17.6 Å². The van der Waals surface area contributed by atoms with Gasteiger partial charge in [-0.15, -0.1) is 24.0 Å². The molecule has 0 radical (unpaired) electrons. The number of benzene rings is 2. The van der Waals surface area contributed by atoms with Gasteiger partial charge >= 0.3 is 11.6 Å². The Labute approximate surface area is 602 Å². The molecule has 562 valence electrons. The summed E-state index contributed by atoms with van der Waals surface area (Å²) < 4.78 is 153. The van der Waals surface area contributed by atoms with Crippen LogP contribution in [0.3, 0.4) is 0 Å². The zero-order chi connectivity index (χ0) is 66.9. The maximum Gasteiger partial charge on any atom is 0.485 e. The molecule has 0 amide bonds.